The van der Waals surface area contributed by atoms with Gasteiger partial charge in [-0.3, -0.25) is 4.57 Å². The van der Waals surface area contributed by atoms with Gasteiger partial charge in [0.05, 0.1) is 26.9 Å². The number of aromatic nitrogens is 3. The molecule has 1 aliphatic carbocycles. The van der Waals surface area contributed by atoms with Gasteiger partial charge in [-0.2, -0.15) is 0 Å². The van der Waals surface area contributed by atoms with E-state index in [0.29, 0.717) is 17.8 Å². The summed E-state index contributed by atoms with van der Waals surface area (Å²) < 4.78 is 4.70. The van der Waals surface area contributed by atoms with Gasteiger partial charge in [-0.25, -0.2) is 9.97 Å². The molecule has 59 heavy (non-hydrogen) atoms. The number of thiophene rings is 1. The molecule has 3 aromatic heterocycles. The van der Waals surface area contributed by atoms with Gasteiger partial charge in [0, 0.05) is 31.8 Å². The number of benzene rings is 8. The van der Waals surface area contributed by atoms with E-state index in [1.54, 1.807) is 11.3 Å². The molecule has 0 radical (unpaired) electrons. The highest BCUT2D eigenvalue weighted by molar-refractivity contribution is 7.26. The summed E-state index contributed by atoms with van der Waals surface area (Å²) in [6.45, 7) is 7.13. The van der Waals surface area contributed by atoms with Crippen LogP contribution in [0.1, 0.15) is 42.4 Å². The maximum atomic E-state index is 5.68. The Balaban J connectivity index is 1.25. The first kappa shape index (κ1) is 34.2. The van der Waals surface area contributed by atoms with E-state index >= 15 is 0 Å². The Hall–Kier alpha value is -6.88. The van der Waals surface area contributed by atoms with Gasteiger partial charge in [-0.1, -0.05) is 172 Å². The molecule has 280 valence electrons. The van der Waals surface area contributed by atoms with Crippen LogP contribution in [0.5, 0.6) is 0 Å². The summed E-state index contributed by atoms with van der Waals surface area (Å²) >= 11 is 1.78. The first-order chi connectivity index (χ1) is 29.0. The molecule has 0 saturated carbocycles. The first-order valence-corrected chi connectivity index (χ1v) is 21.4. The first-order valence-electron chi connectivity index (χ1n) is 20.6. The second-order valence-electron chi connectivity index (χ2n) is 16.2. The molecule has 12 rings (SSSR count). The van der Waals surface area contributed by atoms with Gasteiger partial charge in [-0.15, -0.1) is 11.3 Å². The molecular weight excluding hydrogens is 735 g/mol. The summed E-state index contributed by atoms with van der Waals surface area (Å²) in [7, 11) is 0. The molecular formula is C55H39N3S. The standard InChI is InChI=1S/C55H39N3S/c1-32-33(2)40-19-10-12-22-43(40)49-34(3)46(42-21-11-9-18-39(32)42)31-47-50(49)45-30-29-37-17-7-8-20-41(37)53(45)58(47)55-56-51(54-52(57-55)44-23-13-14-24-48(44)59-54)38-27-25-36(26-28-38)35-15-5-4-6-16-35/h4-33H,1-3H3. The van der Waals surface area contributed by atoms with Crippen molar-refractivity contribution >= 4 is 64.2 Å². The van der Waals surface area contributed by atoms with E-state index in [1.165, 1.54) is 76.3 Å². The largest absolute Gasteiger partial charge is 0.277 e. The van der Waals surface area contributed by atoms with Crippen LogP contribution in [0, 0.1) is 6.92 Å². The highest BCUT2D eigenvalue weighted by Gasteiger charge is 2.30. The summed E-state index contributed by atoms with van der Waals surface area (Å²) in [5.41, 5.74) is 16.8. The number of rotatable bonds is 3. The van der Waals surface area contributed by atoms with Crippen LogP contribution in [-0.2, 0) is 0 Å². The molecule has 0 aliphatic heterocycles. The minimum absolute atomic E-state index is 0.304. The summed E-state index contributed by atoms with van der Waals surface area (Å²) in [6, 6.07) is 62.2. The molecule has 3 heterocycles. The number of hydrogen-bond acceptors (Lipinski definition) is 3. The average Bonchev–Trinajstić information content (AvgIpc) is 3.84. The zero-order valence-electron chi connectivity index (χ0n) is 33.1. The van der Waals surface area contributed by atoms with Crippen molar-refractivity contribution in [3.8, 4) is 50.6 Å². The maximum absolute atomic E-state index is 5.68. The van der Waals surface area contributed by atoms with E-state index in [1.807, 2.05) is 0 Å². The zero-order chi connectivity index (χ0) is 39.4. The quantitative estimate of drug-likeness (QED) is 0.179. The summed E-state index contributed by atoms with van der Waals surface area (Å²) in [6.07, 6.45) is 0. The normalized spacial score (nSPS) is 15.0. The van der Waals surface area contributed by atoms with E-state index in [0.717, 1.165) is 37.9 Å². The van der Waals surface area contributed by atoms with Gasteiger partial charge < -0.3 is 0 Å². The molecule has 2 atom stereocenters. The van der Waals surface area contributed by atoms with Crippen molar-refractivity contribution in [2.45, 2.75) is 32.6 Å². The Kier molecular flexibility index (Phi) is 7.57. The van der Waals surface area contributed by atoms with Crippen LogP contribution in [0.2, 0.25) is 0 Å². The molecule has 2 unspecified atom stereocenters. The Morgan fingerprint density at radius 3 is 1.95 bits per heavy atom. The summed E-state index contributed by atoms with van der Waals surface area (Å²) in [4.78, 5) is 11.3. The Morgan fingerprint density at radius 1 is 0.525 bits per heavy atom. The van der Waals surface area contributed by atoms with Gasteiger partial charge in [0.15, 0.2) is 0 Å². The van der Waals surface area contributed by atoms with Crippen molar-refractivity contribution in [2.75, 3.05) is 0 Å². The lowest BCUT2D eigenvalue weighted by Crippen LogP contribution is -2.06. The average molecular weight is 774 g/mol. The molecule has 0 fully saturated rings. The number of hydrogen-bond donors (Lipinski definition) is 0. The summed E-state index contributed by atoms with van der Waals surface area (Å²) in [5.74, 6) is 1.30. The Labute approximate surface area is 346 Å². The van der Waals surface area contributed by atoms with E-state index in [-0.39, 0.29) is 0 Å². The molecule has 4 heteroatoms. The molecule has 0 N–H and O–H groups in total. The van der Waals surface area contributed by atoms with Crippen molar-refractivity contribution in [3.63, 3.8) is 0 Å². The van der Waals surface area contributed by atoms with E-state index in [4.69, 9.17) is 9.97 Å². The highest BCUT2D eigenvalue weighted by Crippen LogP contribution is 2.51. The molecule has 0 amide bonds. The van der Waals surface area contributed by atoms with Crippen LogP contribution >= 0.6 is 11.3 Å². The molecule has 3 nitrogen and oxygen atoms in total. The topological polar surface area (TPSA) is 30.7 Å². The van der Waals surface area contributed by atoms with Crippen molar-refractivity contribution in [1.29, 1.82) is 0 Å². The fourth-order valence-corrected chi connectivity index (χ4v) is 11.1. The van der Waals surface area contributed by atoms with Gasteiger partial charge >= 0.3 is 0 Å². The van der Waals surface area contributed by atoms with E-state index in [2.05, 4.69) is 195 Å². The molecule has 0 spiro atoms. The SMILES string of the molecule is Cc1c2cc3c(c1-c1ccccc1C(C)C(C)c1ccccc1-2)c1ccc2ccccc2c1n3-c1nc(-c2ccc(-c3ccccc3)cc2)c2sc3ccccc3c2n1. The molecule has 8 aromatic carbocycles. The van der Waals surface area contributed by atoms with Crippen molar-refractivity contribution in [3.05, 3.63) is 187 Å². The third-order valence-corrected chi connectivity index (χ3v) is 14.3. The van der Waals surface area contributed by atoms with Gasteiger partial charge in [0.2, 0.25) is 5.95 Å². The smallest absolute Gasteiger partial charge is 0.235 e. The van der Waals surface area contributed by atoms with Crippen LogP contribution in [0.15, 0.2) is 170 Å². The van der Waals surface area contributed by atoms with Gasteiger partial charge in [-0.05, 0) is 86.3 Å². The summed E-state index contributed by atoms with van der Waals surface area (Å²) in [5, 5.41) is 5.97. The predicted octanol–water partition coefficient (Wildman–Crippen LogP) is 15.3. The number of fused-ring (bicyclic) bond motifs is 15. The van der Waals surface area contributed by atoms with Crippen LogP contribution in [0.3, 0.4) is 0 Å². The van der Waals surface area contributed by atoms with E-state index < -0.39 is 0 Å². The second-order valence-corrected chi connectivity index (χ2v) is 17.2. The fraction of sp³-hybridized carbons (Fsp3) is 0.0909. The Bertz CT molecular complexity index is 3480. The van der Waals surface area contributed by atoms with Gasteiger partial charge in [0.25, 0.3) is 0 Å². The minimum atomic E-state index is 0.304. The van der Waals surface area contributed by atoms with E-state index in [9.17, 15) is 0 Å². The Morgan fingerprint density at radius 2 is 1.15 bits per heavy atom. The van der Waals surface area contributed by atoms with Crippen LogP contribution in [-0.4, -0.2) is 14.5 Å². The molecule has 0 saturated heterocycles. The molecule has 1 aliphatic rings. The maximum Gasteiger partial charge on any atom is 0.235 e. The van der Waals surface area contributed by atoms with Crippen molar-refractivity contribution in [1.82, 2.24) is 14.5 Å². The minimum Gasteiger partial charge on any atom is -0.277 e. The van der Waals surface area contributed by atoms with Crippen LogP contribution < -0.4 is 0 Å². The van der Waals surface area contributed by atoms with Crippen molar-refractivity contribution < 1.29 is 0 Å². The van der Waals surface area contributed by atoms with Crippen LogP contribution in [0.4, 0.5) is 0 Å². The van der Waals surface area contributed by atoms with Gasteiger partial charge in [0.1, 0.15) is 0 Å². The number of nitrogens with zero attached hydrogens (tertiary/aromatic N) is 3. The molecule has 11 aromatic rings. The van der Waals surface area contributed by atoms with Crippen LogP contribution in [0.25, 0.3) is 103 Å². The third kappa shape index (κ3) is 5.06. The highest BCUT2D eigenvalue weighted by atomic mass is 32.1. The lowest BCUT2D eigenvalue weighted by Gasteiger charge is -2.24. The molecule has 2 bridgehead atoms. The lowest BCUT2D eigenvalue weighted by atomic mass is 9.80. The third-order valence-electron chi connectivity index (χ3n) is 13.1. The zero-order valence-corrected chi connectivity index (χ0v) is 33.9. The monoisotopic (exact) mass is 773 g/mol. The second kappa shape index (κ2) is 13.1. The fourth-order valence-electron chi connectivity index (χ4n) is 9.98. The lowest BCUT2D eigenvalue weighted by molar-refractivity contribution is 0.626. The van der Waals surface area contributed by atoms with Crippen molar-refractivity contribution in [2.24, 2.45) is 0 Å². The predicted molar refractivity (Wildman–Crippen MR) is 250 cm³/mol.